The van der Waals surface area contributed by atoms with E-state index in [1.54, 1.807) is 0 Å². The standard InChI is InChI=1S/C10H13N3O6S2/c11-9-7-8(13(14)15)1-2-10(9)21(18,19)12-3-5-20(16,17)6-4-12/h1-2,7H,3-6,11H2. The fourth-order valence-electron chi connectivity index (χ4n) is 1.96. The van der Waals surface area contributed by atoms with Crippen LogP contribution < -0.4 is 5.73 Å². The normalized spacial score (nSPS) is 19.2. The molecule has 1 aromatic rings. The Balaban J connectivity index is 2.34. The highest BCUT2D eigenvalue weighted by atomic mass is 32.2. The lowest BCUT2D eigenvalue weighted by molar-refractivity contribution is -0.384. The molecule has 0 spiro atoms. The van der Waals surface area contributed by atoms with E-state index >= 15 is 0 Å². The zero-order valence-electron chi connectivity index (χ0n) is 10.8. The van der Waals surface area contributed by atoms with E-state index in [2.05, 4.69) is 0 Å². The van der Waals surface area contributed by atoms with Gasteiger partial charge in [0.25, 0.3) is 5.69 Å². The summed E-state index contributed by atoms with van der Waals surface area (Å²) < 4.78 is 48.4. The lowest BCUT2D eigenvalue weighted by Gasteiger charge is -2.26. The zero-order valence-corrected chi connectivity index (χ0v) is 12.4. The van der Waals surface area contributed by atoms with Crippen LogP contribution in [0.25, 0.3) is 0 Å². The molecule has 2 N–H and O–H groups in total. The maximum atomic E-state index is 12.4. The first-order valence-corrected chi connectivity index (χ1v) is 9.14. The van der Waals surface area contributed by atoms with Crippen molar-refractivity contribution in [3.63, 3.8) is 0 Å². The van der Waals surface area contributed by atoms with E-state index in [4.69, 9.17) is 5.73 Å². The highest BCUT2D eigenvalue weighted by Gasteiger charge is 2.32. The third kappa shape index (κ3) is 3.14. The number of hydrogen-bond donors (Lipinski definition) is 1. The first-order valence-electron chi connectivity index (χ1n) is 5.88. The van der Waals surface area contributed by atoms with Crippen molar-refractivity contribution >= 4 is 31.2 Å². The van der Waals surface area contributed by atoms with Crippen LogP contribution in [0.4, 0.5) is 11.4 Å². The van der Waals surface area contributed by atoms with Gasteiger partial charge in [0.15, 0.2) is 9.84 Å². The Hall–Kier alpha value is -1.72. The summed E-state index contributed by atoms with van der Waals surface area (Å²) in [6.07, 6.45) is 0. The molecule has 21 heavy (non-hydrogen) atoms. The SMILES string of the molecule is Nc1cc([N+](=O)[O-])ccc1S(=O)(=O)N1CCS(=O)(=O)CC1. The monoisotopic (exact) mass is 335 g/mol. The first kappa shape index (κ1) is 15.7. The van der Waals surface area contributed by atoms with Gasteiger partial charge in [0.1, 0.15) is 4.90 Å². The van der Waals surface area contributed by atoms with Gasteiger partial charge in [-0.05, 0) is 6.07 Å². The molecule has 1 aliphatic rings. The molecule has 1 heterocycles. The quantitative estimate of drug-likeness (QED) is 0.450. The van der Waals surface area contributed by atoms with Gasteiger partial charge in [-0.25, -0.2) is 16.8 Å². The van der Waals surface area contributed by atoms with E-state index in [-0.39, 0.29) is 40.9 Å². The second kappa shape index (κ2) is 5.24. The molecule has 0 saturated carbocycles. The molecule has 0 radical (unpaired) electrons. The van der Waals surface area contributed by atoms with Crippen molar-refractivity contribution < 1.29 is 21.8 Å². The van der Waals surface area contributed by atoms with Crippen LogP contribution >= 0.6 is 0 Å². The van der Waals surface area contributed by atoms with E-state index in [9.17, 15) is 26.9 Å². The van der Waals surface area contributed by atoms with Crippen molar-refractivity contribution in [2.24, 2.45) is 0 Å². The number of nitrogens with zero attached hydrogens (tertiary/aromatic N) is 2. The lowest BCUT2D eigenvalue weighted by atomic mass is 10.3. The molecule has 0 aliphatic carbocycles. The minimum Gasteiger partial charge on any atom is -0.397 e. The summed E-state index contributed by atoms with van der Waals surface area (Å²) in [5.41, 5.74) is 5.03. The molecule has 0 bridgehead atoms. The number of hydrogen-bond acceptors (Lipinski definition) is 7. The summed E-state index contributed by atoms with van der Waals surface area (Å²) in [6, 6.07) is 3.07. The molecule has 0 unspecified atom stereocenters. The molecule has 1 saturated heterocycles. The molecule has 1 aromatic carbocycles. The number of nitro groups is 1. The van der Waals surface area contributed by atoms with Crippen molar-refractivity contribution in [1.82, 2.24) is 4.31 Å². The van der Waals surface area contributed by atoms with Crippen molar-refractivity contribution in [2.75, 3.05) is 30.3 Å². The predicted octanol–water partition coefficient (Wildman–Crippen LogP) is -0.404. The van der Waals surface area contributed by atoms with Crippen LogP contribution in [0.1, 0.15) is 0 Å². The molecule has 0 aromatic heterocycles. The maximum absolute atomic E-state index is 12.4. The topological polar surface area (TPSA) is 141 Å². The number of benzene rings is 1. The Kier molecular flexibility index (Phi) is 3.91. The zero-order chi connectivity index (χ0) is 15.8. The third-order valence-electron chi connectivity index (χ3n) is 3.13. The van der Waals surface area contributed by atoms with Gasteiger partial charge >= 0.3 is 0 Å². The number of anilines is 1. The molecule has 1 aliphatic heterocycles. The van der Waals surface area contributed by atoms with Crippen molar-refractivity contribution in [1.29, 1.82) is 0 Å². The number of rotatable bonds is 3. The van der Waals surface area contributed by atoms with E-state index < -0.39 is 24.8 Å². The van der Waals surface area contributed by atoms with Crippen molar-refractivity contribution in [2.45, 2.75) is 4.90 Å². The number of nitro benzene ring substituents is 1. The summed E-state index contributed by atoms with van der Waals surface area (Å²) in [5, 5.41) is 10.6. The number of sulfonamides is 1. The second-order valence-electron chi connectivity index (χ2n) is 4.54. The van der Waals surface area contributed by atoms with Gasteiger partial charge in [-0.2, -0.15) is 4.31 Å². The molecule has 1 fully saturated rings. The van der Waals surface area contributed by atoms with Gasteiger partial charge in [0.05, 0.1) is 22.1 Å². The largest absolute Gasteiger partial charge is 0.397 e. The molecule has 9 nitrogen and oxygen atoms in total. The van der Waals surface area contributed by atoms with Crippen LogP contribution in [0.15, 0.2) is 23.1 Å². The smallest absolute Gasteiger partial charge is 0.271 e. The highest BCUT2D eigenvalue weighted by molar-refractivity contribution is 7.92. The maximum Gasteiger partial charge on any atom is 0.271 e. The molecule has 11 heteroatoms. The summed E-state index contributed by atoms with van der Waals surface area (Å²) >= 11 is 0. The Morgan fingerprint density at radius 3 is 2.29 bits per heavy atom. The molecule has 0 atom stereocenters. The Morgan fingerprint density at radius 1 is 1.24 bits per heavy atom. The van der Waals surface area contributed by atoms with Crippen LogP contribution in [0.3, 0.4) is 0 Å². The van der Waals surface area contributed by atoms with Gasteiger partial charge < -0.3 is 5.73 Å². The lowest BCUT2D eigenvalue weighted by Crippen LogP contribution is -2.43. The summed E-state index contributed by atoms with van der Waals surface area (Å²) in [4.78, 5) is 9.67. The van der Waals surface area contributed by atoms with Crippen LogP contribution in [-0.4, -0.2) is 50.7 Å². The van der Waals surface area contributed by atoms with E-state index in [0.29, 0.717) is 0 Å². The first-order chi connectivity index (χ1) is 9.63. The van der Waals surface area contributed by atoms with E-state index in [1.807, 2.05) is 0 Å². The molecular formula is C10H13N3O6S2. The van der Waals surface area contributed by atoms with Crippen LogP contribution in [0.5, 0.6) is 0 Å². The number of non-ortho nitro benzene ring substituents is 1. The Bertz CT molecular complexity index is 773. The summed E-state index contributed by atoms with van der Waals surface area (Å²) in [6.45, 7) is -0.303. The van der Waals surface area contributed by atoms with E-state index in [0.717, 1.165) is 22.5 Å². The average molecular weight is 335 g/mol. The molecule has 116 valence electrons. The third-order valence-corrected chi connectivity index (χ3v) is 6.71. The van der Waals surface area contributed by atoms with Crippen LogP contribution in [0.2, 0.25) is 0 Å². The highest BCUT2D eigenvalue weighted by Crippen LogP contribution is 2.27. The van der Waals surface area contributed by atoms with Crippen LogP contribution in [0, 0.1) is 10.1 Å². The summed E-state index contributed by atoms with van der Waals surface area (Å²) in [5.74, 6) is -0.502. The Morgan fingerprint density at radius 2 is 1.81 bits per heavy atom. The number of nitrogens with two attached hydrogens (primary N) is 1. The van der Waals surface area contributed by atoms with Crippen molar-refractivity contribution in [3.8, 4) is 0 Å². The minimum atomic E-state index is -3.96. The fourth-order valence-corrected chi connectivity index (χ4v) is 4.93. The molecular weight excluding hydrogens is 322 g/mol. The second-order valence-corrected chi connectivity index (χ2v) is 8.75. The van der Waals surface area contributed by atoms with Crippen molar-refractivity contribution in [3.05, 3.63) is 28.3 Å². The van der Waals surface area contributed by atoms with Gasteiger partial charge in [0.2, 0.25) is 10.0 Å². The van der Waals surface area contributed by atoms with Gasteiger partial charge in [-0.1, -0.05) is 0 Å². The number of nitrogen functional groups attached to an aromatic ring is 1. The molecule has 0 amide bonds. The van der Waals surface area contributed by atoms with Gasteiger partial charge in [-0.3, -0.25) is 10.1 Å². The van der Waals surface area contributed by atoms with Gasteiger partial charge in [-0.15, -0.1) is 0 Å². The minimum absolute atomic E-state index is 0.152. The fraction of sp³-hybridized carbons (Fsp3) is 0.400. The average Bonchev–Trinajstić information content (AvgIpc) is 2.37. The number of sulfone groups is 1. The Labute approximate surface area is 121 Å². The van der Waals surface area contributed by atoms with E-state index in [1.165, 1.54) is 0 Å². The van der Waals surface area contributed by atoms with Crippen LogP contribution in [-0.2, 0) is 19.9 Å². The predicted molar refractivity (Wildman–Crippen MR) is 74.9 cm³/mol. The van der Waals surface area contributed by atoms with Gasteiger partial charge in [0, 0.05) is 25.2 Å². The summed E-state index contributed by atoms with van der Waals surface area (Å²) in [7, 11) is -7.18. The molecule has 2 rings (SSSR count).